The van der Waals surface area contributed by atoms with Crippen LogP contribution in [-0.4, -0.2) is 12.2 Å². The number of aromatic hydroxyl groups is 1. The van der Waals surface area contributed by atoms with Crippen molar-refractivity contribution >= 4 is 0 Å². The lowest BCUT2D eigenvalue weighted by atomic mass is 9.99. The number of ether oxygens (including phenoxy) is 1. The van der Waals surface area contributed by atoms with Gasteiger partial charge in [-0.05, 0) is 43.0 Å². The number of aryl methyl sites for hydroxylation is 1. The summed E-state index contributed by atoms with van der Waals surface area (Å²) in [6.45, 7) is 1.96. The van der Waals surface area contributed by atoms with E-state index in [4.69, 9.17) is 10.5 Å². The largest absolute Gasteiger partial charge is 0.504 e. The second-order valence-electron chi connectivity index (χ2n) is 4.00. The zero-order valence-electron chi connectivity index (χ0n) is 8.50. The van der Waals surface area contributed by atoms with E-state index in [1.165, 1.54) is 0 Å². The summed E-state index contributed by atoms with van der Waals surface area (Å²) < 4.78 is 5.06. The molecule has 0 bridgehead atoms. The summed E-state index contributed by atoms with van der Waals surface area (Å²) in [5.41, 5.74) is 8.05. The molecule has 0 amide bonds. The van der Waals surface area contributed by atoms with Crippen molar-refractivity contribution in [1.82, 2.24) is 0 Å². The van der Waals surface area contributed by atoms with Crippen molar-refractivity contribution in [3.05, 3.63) is 23.3 Å². The smallest absolute Gasteiger partial charge is 0.160 e. The summed E-state index contributed by atoms with van der Waals surface area (Å²) in [6.07, 6.45) is 2.03. The van der Waals surface area contributed by atoms with Gasteiger partial charge in [0, 0.05) is 5.54 Å². The molecule has 0 spiro atoms. The summed E-state index contributed by atoms with van der Waals surface area (Å²) in [4.78, 5) is 0. The molecule has 2 rings (SSSR count). The fourth-order valence-corrected chi connectivity index (χ4v) is 1.78. The Hall–Kier alpha value is -1.22. The van der Waals surface area contributed by atoms with Gasteiger partial charge in [0.25, 0.3) is 0 Å². The van der Waals surface area contributed by atoms with E-state index in [2.05, 4.69) is 0 Å². The second kappa shape index (κ2) is 2.89. The zero-order valence-corrected chi connectivity index (χ0v) is 8.50. The Morgan fingerprint density at radius 2 is 2.07 bits per heavy atom. The normalized spacial score (nSPS) is 17.9. The van der Waals surface area contributed by atoms with Crippen LogP contribution in [0.4, 0.5) is 0 Å². The lowest BCUT2D eigenvalue weighted by molar-refractivity contribution is 0.372. The Labute approximate surface area is 83.5 Å². The van der Waals surface area contributed by atoms with Crippen LogP contribution in [0.25, 0.3) is 0 Å². The van der Waals surface area contributed by atoms with E-state index in [-0.39, 0.29) is 11.3 Å². The number of phenolic OH excluding ortho intramolecular Hbond substituents is 1. The third-order valence-corrected chi connectivity index (χ3v) is 2.85. The molecule has 3 heteroatoms. The molecular weight excluding hydrogens is 178 g/mol. The van der Waals surface area contributed by atoms with E-state index in [0.29, 0.717) is 5.75 Å². The van der Waals surface area contributed by atoms with Crippen molar-refractivity contribution < 1.29 is 9.84 Å². The van der Waals surface area contributed by atoms with E-state index in [0.717, 1.165) is 24.0 Å². The van der Waals surface area contributed by atoms with Gasteiger partial charge >= 0.3 is 0 Å². The summed E-state index contributed by atoms with van der Waals surface area (Å²) in [5.74, 6) is 0.681. The van der Waals surface area contributed by atoms with Crippen LogP contribution in [0.15, 0.2) is 12.1 Å². The average Bonchev–Trinajstić information content (AvgIpc) is 2.85. The van der Waals surface area contributed by atoms with Gasteiger partial charge in [0.05, 0.1) is 7.11 Å². The standard InChI is InChI=1S/C11H15NO2/c1-7-5-9(13)10(14-2)6-8(7)11(12)3-4-11/h5-6,13H,3-4,12H2,1-2H3. The van der Waals surface area contributed by atoms with Gasteiger partial charge in [0.1, 0.15) is 0 Å². The first-order chi connectivity index (χ1) is 6.57. The van der Waals surface area contributed by atoms with E-state index in [9.17, 15) is 5.11 Å². The van der Waals surface area contributed by atoms with Crippen molar-refractivity contribution in [2.24, 2.45) is 5.73 Å². The maximum Gasteiger partial charge on any atom is 0.160 e. The number of nitrogens with two attached hydrogens (primary N) is 1. The predicted octanol–water partition coefficient (Wildman–Crippen LogP) is 1.66. The van der Waals surface area contributed by atoms with Crippen LogP contribution in [0.2, 0.25) is 0 Å². The molecule has 0 saturated heterocycles. The minimum Gasteiger partial charge on any atom is -0.504 e. The quantitative estimate of drug-likeness (QED) is 0.751. The third kappa shape index (κ3) is 1.34. The summed E-state index contributed by atoms with van der Waals surface area (Å²) >= 11 is 0. The van der Waals surface area contributed by atoms with Crippen LogP contribution in [-0.2, 0) is 5.54 Å². The Morgan fingerprint density at radius 1 is 1.43 bits per heavy atom. The molecule has 0 aromatic heterocycles. The molecule has 1 aromatic carbocycles. The van der Waals surface area contributed by atoms with Crippen LogP contribution in [0.5, 0.6) is 11.5 Å². The summed E-state index contributed by atoms with van der Waals surface area (Å²) in [6, 6.07) is 3.55. The van der Waals surface area contributed by atoms with Crippen LogP contribution in [0, 0.1) is 6.92 Å². The molecule has 1 fully saturated rings. The van der Waals surface area contributed by atoms with Crippen molar-refractivity contribution in [1.29, 1.82) is 0 Å². The lowest BCUT2D eigenvalue weighted by Gasteiger charge is -2.15. The van der Waals surface area contributed by atoms with Gasteiger partial charge in [-0.2, -0.15) is 0 Å². The first-order valence-electron chi connectivity index (χ1n) is 4.74. The maximum absolute atomic E-state index is 9.54. The number of hydrogen-bond acceptors (Lipinski definition) is 3. The highest BCUT2D eigenvalue weighted by Gasteiger charge is 2.41. The lowest BCUT2D eigenvalue weighted by Crippen LogP contribution is -2.20. The topological polar surface area (TPSA) is 55.5 Å². The first-order valence-corrected chi connectivity index (χ1v) is 4.74. The van der Waals surface area contributed by atoms with Crippen molar-refractivity contribution in [2.75, 3.05) is 7.11 Å². The third-order valence-electron chi connectivity index (χ3n) is 2.85. The first kappa shape index (κ1) is 9.34. The molecule has 3 nitrogen and oxygen atoms in total. The Balaban J connectivity index is 2.50. The number of methoxy groups -OCH3 is 1. The highest BCUT2D eigenvalue weighted by atomic mass is 16.5. The molecule has 76 valence electrons. The molecule has 3 N–H and O–H groups in total. The van der Waals surface area contributed by atoms with E-state index >= 15 is 0 Å². The number of benzene rings is 1. The van der Waals surface area contributed by atoms with Crippen LogP contribution < -0.4 is 10.5 Å². The van der Waals surface area contributed by atoms with Gasteiger partial charge in [0.15, 0.2) is 11.5 Å². The van der Waals surface area contributed by atoms with Gasteiger partial charge in [-0.15, -0.1) is 0 Å². The Kier molecular flexibility index (Phi) is 1.93. The van der Waals surface area contributed by atoms with Gasteiger partial charge in [-0.3, -0.25) is 0 Å². The highest BCUT2D eigenvalue weighted by Crippen LogP contribution is 2.46. The molecule has 14 heavy (non-hydrogen) atoms. The van der Waals surface area contributed by atoms with E-state index in [1.54, 1.807) is 13.2 Å². The van der Waals surface area contributed by atoms with E-state index in [1.807, 2.05) is 13.0 Å². The van der Waals surface area contributed by atoms with Crippen molar-refractivity contribution in [3.63, 3.8) is 0 Å². The average molecular weight is 193 g/mol. The van der Waals surface area contributed by atoms with Crippen LogP contribution in [0.1, 0.15) is 24.0 Å². The van der Waals surface area contributed by atoms with Crippen molar-refractivity contribution in [2.45, 2.75) is 25.3 Å². The summed E-state index contributed by atoms with van der Waals surface area (Å²) in [5, 5.41) is 9.54. The van der Waals surface area contributed by atoms with Gasteiger partial charge in [-0.25, -0.2) is 0 Å². The van der Waals surface area contributed by atoms with Crippen LogP contribution in [0.3, 0.4) is 0 Å². The maximum atomic E-state index is 9.54. The Bertz CT molecular complexity index is 370. The van der Waals surface area contributed by atoms with Gasteiger partial charge in [0.2, 0.25) is 0 Å². The molecule has 0 radical (unpaired) electrons. The second-order valence-corrected chi connectivity index (χ2v) is 4.00. The zero-order chi connectivity index (χ0) is 10.3. The predicted molar refractivity (Wildman–Crippen MR) is 54.5 cm³/mol. The Morgan fingerprint density at radius 3 is 2.57 bits per heavy atom. The molecule has 1 aromatic rings. The molecule has 0 aliphatic heterocycles. The number of rotatable bonds is 2. The minimum atomic E-state index is -0.176. The monoisotopic (exact) mass is 193 g/mol. The molecule has 0 unspecified atom stereocenters. The minimum absolute atomic E-state index is 0.176. The van der Waals surface area contributed by atoms with Crippen LogP contribution >= 0.6 is 0 Å². The van der Waals surface area contributed by atoms with Gasteiger partial charge < -0.3 is 15.6 Å². The van der Waals surface area contributed by atoms with Crippen molar-refractivity contribution in [3.8, 4) is 11.5 Å². The highest BCUT2D eigenvalue weighted by molar-refractivity contribution is 5.49. The van der Waals surface area contributed by atoms with Gasteiger partial charge in [-0.1, -0.05) is 0 Å². The molecule has 1 aliphatic rings. The molecule has 0 heterocycles. The molecular formula is C11H15NO2. The number of hydrogen-bond donors (Lipinski definition) is 2. The molecule has 1 aliphatic carbocycles. The molecule has 1 saturated carbocycles. The van der Waals surface area contributed by atoms with E-state index < -0.39 is 0 Å². The molecule has 0 atom stereocenters. The fraction of sp³-hybridized carbons (Fsp3) is 0.455. The number of phenols is 1. The summed E-state index contributed by atoms with van der Waals surface area (Å²) in [7, 11) is 1.55. The fourth-order valence-electron chi connectivity index (χ4n) is 1.78. The SMILES string of the molecule is COc1cc(C2(N)CC2)c(C)cc1O.